The minimum absolute atomic E-state index is 1.33. The first-order valence-corrected chi connectivity index (χ1v) is 14.5. The van der Waals surface area contributed by atoms with Crippen LogP contribution in [-0.2, 0) is 0 Å². The van der Waals surface area contributed by atoms with E-state index < -0.39 is 14.3 Å². The summed E-state index contributed by atoms with van der Waals surface area (Å²) in [6, 6.07) is 47.2. The third-order valence-electron chi connectivity index (χ3n) is 6.40. The van der Waals surface area contributed by atoms with Crippen LogP contribution in [0.15, 0.2) is 127 Å². The van der Waals surface area contributed by atoms with Gasteiger partial charge in [-0.1, -0.05) is 0 Å². The van der Waals surface area contributed by atoms with Crippen molar-refractivity contribution in [3.8, 4) is 0 Å². The van der Waals surface area contributed by atoms with Crippen LogP contribution in [0.25, 0.3) is 32.3 Å². The Morgan fingerprint density at radius 2 is 0.581 bits per heavy atom. The Balaban J connectivity index is 1.75. The fourth-order valence-electron chi connectivity index (χ4n) is 5.01. The van der Waals surface area contributed by atoms with Crippen LogP contribution in [0.1, 0.15) is 0 Å². The third kappa shape index (κ3) is 3.15. The van der Waals surface area contributed by atoms with E-state index in [1.807, 2.05) is 0 Å². The first-order chi connectivity index (χ1) is 15.4. The molecule has 0 heterocycles. The van der Waals surface area contributed by atoms with E-state index in [1.54, 1.807) is 13.2 Å². The number of benzene rings is 6. The van der Waals surface area contributed by atoms with Gasteiger partial charge in [0.25, 0.3) is 0 Å². The first-order valence-electron chi connectivity index (χ1n) is 10.8. The topological polar surface area (TPSA) is 0 Å². The molecule has 0 saturated heterocycles. The average molecular weight is 455 g/mol. The van der Waals surface area contributed by atoms with E-state index in [0.717, 1.165) is 0 Å². The van der Waals surface area contributed by atoms with Crippen LogP contribution in [0, 0.1) is 0 Å². The molecular weight excluding hydrogens is 433 g/mol. The normalized spacial score (nSPS) is 11.5. The van der Waals surface area contributed by atoms with Gasteiger partial charge in [-0.25, -0.2) is 0 Å². The van der Waals surface area contributed by atoms with E-state index in [2.05, 4.69) is 127 Å². The molecule has 0 bridgehead atoms. The molecule has 0 aromatic heterocycles. The van der Waals surface area contributed by atoms with Gasteiger partial charge in [0.05, 0.1) is 0 Å². The van der Waals surface area contributed by atoms with E-state index in [-0.39, 0.29) is 0 Å². The second-order valence-corrected chi connectivity index (χ2v) is 13.9. The Morgan fingerprint density at radius 1 is 0.290 bits per heavy atom. The van der Waals surface area contributed by atoms with Gasteiger partial charge in [-0.15, -0.1) is 0 Å². The molecule has 0 nitrogen and oxygen atoms in total. The predicted molar refractivity (Wildman–Crippen MR) is 138 cm³/mol. The molecule has 1 heteroatoms. The van der Waals surface area contributed by atoms with Crippen molar-refractivity contribution in [2.24, 2.45) is 0 Å². The molecule has 0 atom stereocenters. The van der Waals surface area contributed by atoms with Crippen molar-refractivity contribution in [2.75, 3.05) is 0 Å². The summed E-state index contributed by atoms with van der Waals surface area (Å²) >= 11 is -2.42. The average Bonchev–Trinajstić information content (AvgIpc) is 2.85. The number of rotatable bonds is 3. The molecule has 0 radical (unpaired) electrons. The standard InChI is InChI=1S/C30H22Ge/c1-4-16-25-22(10-1)13-7-19-28(25)31(29-20-8-14-23-11-2-5-17-26(23)29)30-21-9-15-24-12-3-6-18-27(24)30/h1-21,31H. The minimum atomic E-state index is -2.42. The van der Waals surface area contributed by atoms with Crippen LogP contribution in [-0.4, -0.2) is 14.3 Å². The summed E-state index contributed by atoms with van der Waals surface area (Å²) in [5.41, 5.74) is 0. The van der Waals surface area contributed by atoms with Crippen molar-refractivity contribution >= 4 is 59.9 Å². The summed E-state index contributed by atoms with van der Waals surface area (Å²) in [6.07, 6.45) is 0. The molecule has 0 aliphatic heterocycles. The molecule has 0 unspecified atom stereocenters. The third-order valence-corrected chi connectivity index (χ3v) is 13.5. The quantitative estimate of drug-likeness (QED) is 0.314. The second kappa shape index (κ2) is 7.72. The van der Waals surface area contributed by atoms with E-state index in [1.165, 1.54) is 32.3 Å². The van der Waals surface area contributed by atoms with Crippen molar-refractivity contribution < 1.29 is 0 Å². The van der Waals surface area contributed by atoms with E-state index in [9.17, 15) is 0 Å². The molecule has 6 aromatic rings. The zero-order valence-corrected chi connectivity index (χ0v) is 19.6. The van der Waals surface area contributed by atoms with Gasteiger partial charge in [-0.05, 0) is 0 Å². The van der Waals surface area contributed by atoms with Crippen molar-refractivity contribution in [3.63, 3.8) is 0 Å². The number of fused-ring (bicyclic) bond motifs is 3. The molecule has 0 fully saturated rings. The number of hydrogen-bond acceptors (Lipinski definition) is 0. The van der Waals surface area contributed by atoms with Gasteiger partial charge < -0.3 is 0 Å². The second-order valence-electron chi connectivity index (χ2n) is 8.14. The Kier molecular flexibility index (Phi) is 4.58. The van der Waals surface area contributed by atoms with Crippen LogP contribution in [0.2, 0.25) is 0 Å². The van der Waals surface area contributed by atoms with Gasteiger partial charge in [-0.2, -0.15) is 0 Å². The zero-order valence-electron chi connectivity index (χ0n) is 17.2. The summed E-state index contributed by atoms with van der Waals surface area (Å²) in [5, 5.41) is 8.19. The molecule has 146 valence electrons. The SMILES string of the molecule is c1ccc2[c]([GeH]([c]3cccc4ccccc34)[c]3cccc4ccccc34)cccc2c1. The molecule has 6 rings (SSSR count). The van der Waals surface area contributed by atoms with Gasteiger partial charge >= 0.3 is 187 Å². The van der Waals surface area contributed by atoms with E-state index >= 15 is 0 Å². The number of hydrogen-bond donors (Lipinski definition) is 0. The zero-order chi connectivity index (χ0) is 20.6. The summed E-state index contributed by atoms with van der Waals surface area (Å²) in [5.74, 6) is 0. The maximum atomic E-state index is 2.39. The van der Waals surface area contributed by atoms with E-state index in [0.29, 0.717) is 0 Å². The Labute approximate surface area is 186 Å². The molecule has 6 aromatic carbocycles. The molecule has 31 heavy (non-hydrogen) atoms. The van der Waals surface area contributed by atoms with Crippen LogP contribution in [0.5, 0.6) is 0 Å². The van der Waals surface area contributed by atoms with Gasteiger partial charge in [0.2, 0.25) is 0 Å². The Bertz CT molecular complexity index is 1340. The van der Waals surface area contributed by atoms with Gasteiger partial charge in [-0.3, -0.25) is 0 Å². The Hall–Kier alpha value is -3.36. The molecule has 0 aliphatic carbocycles. The first kappa shape index (κ1) is 18.4. The summed E-state index contributed by atoms with van der Waals surface area (Å²) in [7, 11) is 0. The van der Waals surface area contributed by atoms with Gasteiger partial charge in [0, 0.05) is 0 Å². The summed E-state index contributed by atoms with van der Waals surface area (Å²) in [6.45, 7) is 0. The maximum absolute atomic E-state index is 2.42. The molecule has 0 saturated carbocycles. The monoisotopic (exact) mass is 456 g/mol. The van der Waals surface area contributed by atoms with Gasteiger partial charge in [0.15, 0.2) is 0 Å². The van der Waals surface area contributed by atoms with Crippen LogP contribution < -0.4 is 13.2 Å². The van der Waals surface area contributed by atoms with Crippen molar-refractivity contribution in [1.29, 1.82) is 0 Å². The van der Waals surface area contributed by atoms with E-state index in [4.69, 9.17) is 0 Å². The van der Waals surface area contributed by atoms with Crippen molar-refractivity contribution in [1.82, 2.24) is 0 Å². The molecule has 0 spiro atoms. The molecular formula is C30H22Ge. The van der Waals surface area contributed by atoms with Crippen molar-refractivity contribution in [2.45, 2.75) is 0 Å². The Morgan fingerprint density at radius 3 is 0.935 bits per heavy atom. The van der Waals surface area contributed by atoms with Gasteiger partial charge in [0.1, 0.15) is 0 Å². The van der Waals surface area contributed by atoms with Crippen LogP contribution in [0.3, 0.4) is 0 Å². The fourth-order valence-corrected chi connectivity index (χ4v) is 12.6. The molecule has 0 N–H and O–H groups in total. The molecule has 0 aliphatic rings. The molecule has 0 amide bonds. The summed E-state index contributed by atoms with van der Waals surface area (Å²) < 4.78 is 4.62. The van der Waals surface area contributed by atoms with Crippen LogP contribution in [0.4, 0.5) is 0 Å². The van der Waals surface area contributed by atoms with Crippen LogP contribution >= 0.6 is 0 Å². The van der Waals surface area contributed by atoms with Crippen molar-refractivity contribution in [3.05, 3.63) is 127 Å². The predicted octanol–water partition coefficient (Wildman–Crippen LogP) is 5.39. The summed E-state index contributed by atoms with van der Waals surface area (Å²) in [4.78, 5) is 0. The fraction of sp³-hybridized carbons (Fsp3) is 0.